The van der Waals surface area contributed by atoms with E-state index in [0.29, 0.717) is 19.7 Å². The Kier molecular flexibility index (Phi) is 14.6. The van der Waals surface area contributed by atoms with E-state index in [9.17, 15) is 19.6 Å². The number of ether oxygens (including phenoxy) is 2. The summed E-state index contributed by atoms with van der Waals surface area (Å²) in [7, 11) is 0. The smallest absolute Gasteiger partial charge is 0.350 e. The van der Waals surface area contributed by atoms with Crippen LogP contribution >= 0.6 is 0 Å². The maximum Gasteiger partial charge on any atom is 0.350 e. The largest absolute Gasteiger partial charge is 0.466 e. The second kappa shape index (κ2) is 17.0. The number of unbranched alkanes of at least 4 members (excludes halogenated alkanes) is 9. The van der Waals surface area contributed by atoms with Gasteiger partial charge < -0.3 is 19.7 Å². The van der Waals surface area contributed by atoms with Crippen LogP contribution in [0.3, 0.4) is 0 Å². The third-order valence-corrected chi connectivity index (χ3v) is 5.40. The van der Waals surface area contributed by atoms with Crippen molar-refractivity contribution in [3.63, 3.8) is 0 Å². The molecular formula is C24H39N3O5. The van der Waals surface area contributed by atoms with Crippen molar-refractivity contribution in [2.45, 2.75) is 90.5 Å². The van der Waals surface area contributed by atoms with Gasteiger partial charge in [0.2, 0.25) is 5.91 Å². The van der Waals surface area contributed by atoms with Gasteiger partial charge in [-0.2, -0.15) is 5.26 Å². The lowest BCUT2D eigenvalue weighted by molar-refractivity contribution is -0.147. The van der Waals surface area contributed by atoms with Crippen molar-refractivity contribution in [2.75, 3.05) is 26.3 Å². The van der Waals surface area contributed by atoms with E-state index in [1.54, 1.807) is 13.0 Å². The summed E-state index contributed by atoms with van der Waals surface area (Å²) in [6.45, 7) is 5.10. The predicted molar refractivity (Wildman–Crippen MR) is 121 cm³/mol. The number of amides is 1. The SMILES string of the molecule is CCCCCCCCCCCCOC(=O)CC1C(=O)NCCN1/C=C(\C#N)C(=O)OCC. The standard InChI is InChI=1S/C24H39N3O5/c1-3-5-6-7-8-9-10-11-12-13-16-32-22(28)17-21-23(29)26-14-15-27(21)19-20(18-25)24(30)31-4-2/h19,21H,3-17H2,1-2H3,(H,26,29)/b20-19+. The Balaban J connectivity index is 2.35. The van der Waals surface area contributed by atoms with Crippen molar-refractivity contribution < 1.29 is 23.9 Å². The molecule has 8 heteroatoms. The van der Waals surface area contributed by atoms with E-state index in [0.717, 1.165) is 19.3 Å². The summed E-state index contributed by atoms with van der Waals surface area (Å²) in [4.78, 5) is 37.9. The zero-order valence-electron chi connectivity index (χ0n) is 19.7. The number of nitrogens with zero attached hydrogens (tertiary/aromatic N) is 2. The molecule has 1 N–H and O–H groups in total. The minimum absolute atomic E-state index is 0.137. The highest BCUT2D eigenvalue weighted by Crippen LogP contribution is 2.14. The van der Waals surface area contributed by atoms with Crippen LogP contribution in [-0.2, 0) is 23.9 Å². The molecule has 1 fully saturated rings. The minimum Gasteiger partial charge on any atom is -0.466 e. The normalized spacial score (nSPS) is 16.3. The molecule has 1 aliphatic rings. The molecule has 0 spiro atoms. The fraction of sp³-hybridized carbons (Fsp3) is 0.750. The second-order valence-corrected chi connectivity index (χ2v) is 8.03. The Hall–Kier alpha value is -2.56. The summed E-state index contributed by atoms with van der Waals surface area (Å²) < 4.78 is 10.2. The van der Waals surface area contributed by atoms with E-state index in [2.05, 4.69) is 12.2 Å². The molecule has 0 saturated carbocycles. The van der Waals surface area contributed by atoms with Crippen LogP contribution < -0.4 is 5.32 Å². The van der Waals surface area contributed by atoms with Gasteiger partial charge in [-0.15, -0.1) is 0 Å². The highest BCUT2D eigenvalue weighted by Gasteiger charge is 2.31. The van der Waals surface area contributed by atoms with Crippen LogP contribution in [0.1, 0.15) is 84.5 Å². The molecule has 0 aromatic rings. The molecule has 8 nitrogen and oxygen atoms in total. The van der Waals surface area contributed by atoms with Gasteiger partial charge in [0.15, 0.2) is 5.57 Å². The number of carbonyl (C=O) groups is 3. The van der Waals surface area contributed by atoms with E-state index in [4.69, 9.17) is 9.47 Å². The number of nitrogens with one attached hydrogen (secondary N) is 1. The van der Waals surface area contributed by atoms with Crippen molar-refractivity contribution in [1.29, 1.82) is 5.26 Å². The lowest BCUT2D eigenvalue weighted by Gasteiger charge is -2.33. The summed E-state index contributed by atoms with van der Waals surface area (Å²) in [5.74, 6) is -1.54. The van der Waals surface area contributed by atoms with Crippen LogP contribution in [0.15, 0.2) is 11.8 Å². The van der Waals surface area contributed by atoms with E-state index < -0.39 is 18.0 Å². The molecule has 0 radical (unpaired) electrons. The maximum absolute atomic E-state index is 12.3. The summed E-state index contributed by atoms with van der Waals surface area (Å²) in [5, 5.41) is 11.9. The average Bonchev–Trinajstić information content (AvgIpc) is 2.78. The predicted octanol–water partition coefficient (Wildman–Crippen LogP) is 3.61. The second-order valence-electron chi connectivity index (χ2n) is 8.03. The highest BCUT2D eigenvalue weighted by molar-refractivity contribution is 5.93. The third kappa shape index (κ3) is 11.2. The Morgan fingerprint density at radius 1 is 1.06 bits per heavy atom. The Morgan fingerprint density at radius 2 is 1.69 bits per heavy atom. The summed E-state index contributed by atoms with van der Waals surface area (Å²) in [6, 6.07) is 0.977. The first-order valence-electron chi connectivity index (χ1n) is 12.0. The van der Waals surface area contributed by atoms with Gasteiger partial charge in [0.05, 0.1) is 19.6 Å². The van der Waals surface area contributed by atoms with Crippen molar-refractivity contribution in [3.05, 3.63) is 11.8 Å². The van der Waals surface area contributed by atoms with Gasteiger partial charge in [0.25, 0.3) is 0 Å². The topological polar surface area (TPSA) is 109 Å². The van der Waals surface area contributed by atoms with Gasteiger partial charge in [0.1, 0.15) is 12.1 Å². The fourth-order valence-electron chi connectivity index (χ4n) is 3.59. The number of hydrogen-bond donors (Lipinski definition) is 1. The summed E-state index contributed by atoms with van der Waals surface area (Å²) >= 11 is 0. The zero-order chi connectivity index (χ0) is 23.6. The molecule has 0 aromatic heterocycles. The van der Waals surface area contributed by atoms with Crippen molar-refractivity contribution >= 4 is 17.8 Å². The summed E-state index contributed by atoms with van der Waals surface area (Å²) in [5.41, 5.74) is -0.203. The first-order chi connectivity index (χ1) is 15.5. The molecule has 0 aliphatic carbocycles. The lowest BCUT2D eigenvalue weighted by Crippen LogP contribution is -2.54. The van der Waals surface area contributed by atoms with Crippen LogP contribution in [0.5, 0.6) is 0 Å². The quantitative estimate of drug-likeness (QED) is 0.166. The molecule has 32 heavy (non-hydrogen) atoms. The van der Waals surface area contributed by atoms with Gasteiger partial charge in [-0.05, 0) is 13.3 Å². The maximum atomic E-state index is 12.3. The van der Waals surface area contributed by atoms with Crippen molar-refractivity contribution in [1.82, 2.24) is 10.2 Å². The number of rotatable bonds is 16. The first-order valence-corrected chi connectivity index (χ1v) is 12.0. The Bertz CT molecular complexity index is 657. The van der Waals surface area contributed by atoms with Gasteiger partial charge >= 0.3 is 11.9 Å². The van der Waals surface area contributed by atoms with Gasteiger partial charge in [-0.25, -0.2) is 4.79 Å². The third-order valence-electron chi connectivity index (χ3n) is 5.40. The van der Waals surface area contributed by atoms with E-state index in [1.165, 1.54) is 56.0 Å². The molecule has 0 aromatic carbocycles. The average molecular weight is 450 g/mol. The number of hydrogen-bond acceptors (Lipinski definition) is 7. The molecule has 1 atom stereocenters. The molecule has 1 heterocycles. The molecule has 1 rings (SSSR count). The molecule has 180 valence electrons. The fourth-order valence-corrected chi connectivity index (χ4v) is 3.59. The molecular weight excluding hydrogens is 410 g/mol. The molecule has 0 bridgehead atoms. The lowest BCUT2D eigenvalue weighted by atomic mass is 10.1. The van der Waals surface area contributed by atoms with Crippen molar-refractivity contribution in [2.24, 2.45) is 0 Å². The molecule has 1 amide bonds. The first kappa shape index (κ1) is 27.5. The Labute approximate surface area is 192 Å². The number of esters is 2. The van der Waals surface area contributed by atoms with Crippen LogP contribution in [0.25, 0.3) is 0 Å². The van der Waals surface area contributed by atoms with Crippen LogP contribution in [0.2, 0.25) is 0 Å². The molecule has 1 unspecified atom stereocenters. The van der Waals surface area contributed by atoms with Crippen molar-refractivity contribution in [3.8, 4) is 6.07 Å². The van der Waals surface area contributed by atoms with Gasteiger partial charge in [-0.3, -0.25) is 9.59 Å². The van der Waals surface area contributed by atoms with Gasteiger partial charge in [0, 0.05) is 19.3 Å². The van der Waals surface area contributed by atoms with E-state index >= 15 is 0 Å². The van der Waals surface area contributed by atoms with Crippen LogP contribution in [-0.4, -0.2) is 55.1 Å². The number of carbonyl (C=O) groups excluding carboxylic acids is 3. The zero-order valence-corrected chi connectivity index (χ0v) is 19.7. The van der Waals surface area contributed by atoms with Crippen LogP contribution in [0.4, 0.5) is 0 Å². The number of piperazine rings is 1. The Morgan fingerprint density at radius 3 is 2.28 bits per heavy atom. The minimum atomic E-state index is -0.818. The van der Waals surface area contributed by atoms with Crippen LogP contribution in [0, 0.1) is 11.3 Å². The molecule has 1 aliphatic heterocycles. The summed E-state index contributed by atoms with van der Waals surface area (Å²) in [6.07, 6.45) is 13.2. The monoisotopic (exact) mass is 449 g/mol. The number of nitriles is 1. The van der Waals surface area contributed by atoms with E-state index in [-0.39, 0.29) is 24.5 Å². The molecule has 1 saturated heterocycles. The van der Waals surface area contributed by atoms with E-state index in [1.807, 2.05) is 0 Å². The van der Waals surface area contributed by atoms with Gasteiger partial charge in [-0.1, -0.05) is 64.7 Å². The highest BCUT2D eigenvalue weighted by atomic mass is 16.5.